The lowest BCUT2D eigenvalue weighted by Gasteiger charge is -2.22. The molecule has 2 heterocycles. The first kappa shape index (κ1) is 13.6. The van der Waals surface area contributed by atoms with Gasteiger partial charge in [-0.15, -0.1) is 0 Å². The average molecular weight is 288 g/mol. The fourth-order valence-corrected chi connectivity index (χ4v) is 3.69. The van der Waals surface area contributed by atoms with Crippen molar-refractivity contribution >= 4 is 28.6 Å². The van der Waals surface area contributed by atoms with Crippen LogP contribution in [0.1, 0.15) is 30.6 Å². The number of hydrogen-bond donors (Lipinski definition) is 1. The van der Waals surface area contributed by atoms with Gasteiger partial charge < -0.3 is 9.88 Å². The molecule has 0 aliphatic carbocycles. The molecule has 1 aliphatic rings. The number of benzene rings is 1. The maximum atomic E-state index is 12.6. The van der Waals surface area contributed by atoms with Gasteiger partial charge >= 0.3 is 0 Å². The van der Waals surface area contributed by atoms with Crippen LogP contribution in [-0.2, 0) is 0 Å². The first-order chi connectivity index (χ1) is 9.55. The van der Waals surface area contributed by atoms with Gasteiger partial charge in [-0.1, -0.05) is 13.8 Å². The van der Waals surface area contributed by atoms with Gasteiger partial charge in [0.2, 0.25) is 0 Å². The lowest BCUT2D eigenvalue weighted by atomic mass is 10.1. The molecule has 3 nitrogen and oxygen atoms in total. The van der Waals surface area contributed by atoms with E-state index in [4.69, 9.17) is 0 Å². The summed E-state index contributed by atoms with van der Waals surface area (Å²) in [6.45, 7) is 6.22. The van der Waals surface area contributed by atoms with Crippen molar-refractivity contribution in [2.45, 2.75) is 25.0 Å². The highest BCUT2D eigenvalue weighted by atomic mass is 32.2. The lowest BCUT2D eigenvalue weighted by molar-refractivity contribution is 0.0765. The third kappa shape index (κ3) is 2.70. The van der Waals surface area contributed by atoms with Gasteiger partial charge in [-0.25, -0.2) is 0 Å². The SMILES string of the molecule is CC1(C)CCN(C(=O)c2ccc3[nH]ccc3c2)CCS1. The molecular formula is C16H20N2OS. The molecule has 0 atom stereocenters. The summed E-state index contributed by atoms with van der Waals surface area (Å²) < 4.78 is 0.277. The Hall–Kier alpha value is -1.42. The summed E-state index contributed by atoms with van der Waals surface area (Å²) in [4.78, 5) is 17.8. The van der Waals surface area contributed by atoms with Gasteiger partial charge in [0, 0.05) is 46.3 Å². The number of carbonyl (C=O) groups is 1. The van der Waals surface area contributed by atoms with Gasteiger partial charge in [0.1, 0.15) is 0 Å². The van der Waals surface area contributed by atoms with Crippen molar-refractivity contribution in [3.63, 3.8) is 0 Å². The van der Waals surface area contributed by atoms with E-state index in [-0.39, 0.29) is 10.7 Å². The van der Waals surface area contributed by atoms with Crippen molar-refractivity contribution in [3.05, 3.63) is 36.0 Å². The Morgan fingerprint density at radius 1 is 1.30 bits per heavy atom. The summed E-state index contributed by atoms with van der Waals surface area (Å²) in [6, 6.07) is 7.90. The number of fused-ring (bicyclic) bond motifs is 1. The quantitative estimate of drug-likeness (QED) is 0.871. The van der Waals surface area contributed by atoms with E-state index >= 15 is 0 Å². The van der Waals surface area contributed by atoms with Crippen molar-refractivity contribution in [3.8, 4) is 0 Å². The minimum absolute atomic E-state index is 0.159. The number of amides is 1. The second kappa shape index (κ2) is 5.17. The molecule has 1 aliphatic heterocycles. The summed E-state index contributed by atoms with van der Waals surface area (Å²) in [5.74, 6) is 1.18. The smallest absolute Gasteiger partial charge is 0.253 e. The Morgan fingerprint density at radius 3 is 3.00 bits per heavy atom. The fourth-order valence-electron chi connectivity index (χ4n) is 2.59. The van der Waals surface area contributed by atoms with Gasteiger partial charge in [0.25, 0.3) is 5.91 Å². The zero-order valence-electron chi connectivity index (χ0n) is 12.0. The number of H-pyrrole nitrogens is 1. The standard InChI is InChI=1S/C16H20N2OS/c1-16(2)6-8-18(9-10-20-16)15(19)13-3-4-14-12(11-13)5-7-17-14/h3-5,7,11,17H,6,8-10H2,1-2H3. The second-order valence-electron chi connectivity index (χ2n) is 5.93. The number of carbonyl (C=O) groups excluding carboxylic acids is 1. The van der Waals surface area contributed by atoms with Gasteiger partial charge in [-0.2, -0.15) is 11.8 Å². The third-order valence-corrected chi connectivity index (χ3v) is 5.30. The number of nitrogens with one attached hydrogen (secondary N) is 1. The van der Waals surface area contributed by atoms with E-state index in [1.54, 1.807) is 0 Å². The number of nitrogens with zero attached hydrogens (tertiary/aromatic N) is 1. The van der Waals surface area contributed by atoms with Crippen molar-refractivity contribution in [2.24, 2.45) is 0 Å². The Labute approximate surface area is 123 Å². The minimum Gasteiger partial charge on any atom is -0.361 e. The van der Waals surface area contributed by atoms with E-state index in [1.165, 1.54) is 0 Å². The number of aromatic amines is 1. The van der Waals surface area contributed by atoms with Crippen LogP contribution in [0.15, 0.2) is 30.5 Å². The first-order valence-electron chi connectivity index (χ1n) is 7.06. The van der Waals surface area contributed by atoms with E-state index in [1.807, 2.05) is 47.1 Å². The monoisotopic (exact) mass is 288 g/mol. The molecule has 1 fully saturated rings. The zero-order valence-corrected chi connectivity index (χ0v) is 12.8. The maximum absolute atomic E-state index is 12.6. The van der Waals surface area contributed by atoms with Crippen LogP contribution in [0, 0.1) is 0 Å². The molecule has 3 rings (SSSR count). The number of hydrogen-bond acceptors (Lipinski definition) is 2. The molecule has 0 unspecified atom stereocenters. The molecule has 1 aromatic heterocycles. The number of aromatic nitrogens is 1. The number of thioether (sulfide) groups is 1. The van der Waals surface area contributed by atoms with Crippen LogP contribution in [0.2, 0.25) is 0 Å². The Balaban J connectivity index is 1.80. The van der Waals surface area contributed by atoms with Gasteiger partial charge in [0.05, 0.1) is 0 Å². The zero-order chi connectivity index (χ0) is 14.2. The van der Waals surface area contributed by atoms with Crippen molar-refractivity contribution in [1.29, 1.82) is 0 Å². The molecular weight excluding hydrogens is 268 g/mol. The third-order valence-electron chi connectivity index (χ3n) is 3.93. The molecule has 20 heavy (non-hydrogen) atoms. The van der Waals surface area contributed by atoms with E-state index in [9.17, 15) is 4.79 Å². The van der Waals surface area contributed by atoms with E-state index < -0.39 is 0 Å². The highest BCUT2D eigenvalue weighted by Gasteiger charge is 2.26. The molecule has 0 spiro atoms. The lowest BCUT2D eigenvalue weighted by Crippen LogP contribution is -2.33. The fraction of sp³-hybridized carbons (Fsp3) is 0.438. The first-order valence-corrected chi connectivity index (χ1v) is 8.04. The summed E-state index contributed by atoms with van der Waals surface area (Å²) in [5.41, 5.74) is 1.87. The van der Waals surface area contributed by atoms with Crippen molar-refractivity contribution in [2.75, 3.05) is 18.8 Å². The Bertz CT molecular complexity index is 632. The predicted molar refractivity (Wildman–Crippen MR) is 85.4 cm³/mol. The number of rotatable bonds is 1. The van der Waals surface area contributed by atoms with Crippen molar-refractivity contribution in [1.82, 2.24) is 9.88 Å². The van der Waals surface area contributed by atoms with Crippen LogP contribution >= 0.6 is 11.8 Å². The highest BCUT2D eigenvalue weighted by Crippen LogP contribution is 2.31. The van der Waals surface area contributed by atoms with Crippen LogP contribution in [0.4, 0.5) is 0 Å². The topological polar surface area (TPSA) is 36.1 Å². The van der Waals surface area contributed by atoms with Crippen molar-refractivity contribution < 1.29 is 4.79 Å². The molecule has 0 radical (unpaired) electrons. The largest absolute Gasteiger partial charge is 0.361 e. The van der Waals surface area contributed by atoms with Crippen LogP contribution in [0.5, 0.6) is 0 Å². The predicted octanol–water partition coefficient (Wildman–Crippen LogP) is 3.53. The molecule has 1 N–H and O–H groups in total. The molecule has 0 saturated carbocycles. The summed E-state index contributed by atoms with van der Waals surface area (Å²) in [7, 11) is 0. The normalized spacial score (nSPS) is 19.0. The minimum atomic E-state index is 0.159. The average Bonchev–Trinajstić information content (AvgIpc) is 2.81. The van der Waals surface area contributed by atoms with E-state index in [2.05, 4.69) is 18.8 Å². The maximum Gasteiger partial charge on any atom is 0.253 e. The highest BCUT2D eigenvalue weighted by molar-refractivity contribution is 8.00. The van der Waals surface area contributed by atoms with Crippen LogP contribution < -0.4 is 0 Å². The summed E-state index contributed by atoms with van der Waals surface area (Å²) in [6.07, 6.45) is 2.96. The van der Waals surface area contributed by atoms with Gasteiger partial charge in [-0.05, 0) is 30.7 Å². The summed E-state index contributed by atoms with van der Waals surface area (Å²) >= 11 is 1.96. The van der Waals surface area contributed by atoms with Gasteiger partial charge in [-0.3, -0.25) is 4.79 Å². The van der Waals surface area contributed by atoms with Crippen LogP contribution in [-0.4, -0.2) is 39.4 Å². The van der Waals surface area contributed by atoms with E-state index in [0.717, 1.165) is 41.7 Å². The van der Waals surface area contributed by atoms with Gasteiger partial charge in [0.15, 0.2) is 0 Å². The van der Waals surface area contributed by atoms with Crippen LogP contribution in [0.25, 0.3) is 10.9 Å². The molecule has 1 aromatic carbocycles. The Kier molecular flexibility index (Phi) is 3.50. The molecule has 106 valence electrons. The van der Waals surface area contributed by atoms with E-state index in [0.29, 0.717) is 0 Å². The molecule has 0 bridgehead atoms. The second-order valence-corrected chi connectivity index (χ2v) is 7.73. The summed E-state index contributed by atoms with van der Waals surface area (Å²) in [5, 5.41) is 1.10. The molecule has 2 aromatic rings. The molecule has 1 amide bonds. The molecule has 1 saturated heterocycles. The van der Waals surface area contributed by atoms with Crippen LogP contribution in [0.3, 0.4) is 0 Å². The molecule has 4 heteroatoms. The Morgan fingerprint density at radius 2 is 2.15 bits per heavy atom.